The number of anilines is 1. The molecule has 0 aliphatic rings. The number of hydrogen-bond donors (Lipinski definition) is 2. The molecule has 5 heteroatoms. The third-order valence-corrected chi connectivity index (χ3v) is 3.19. The molecule has 0 aliphatic heterocycles. The lowest BCUT2D eigenvalue weighted by atomic mass is 10.0. The van der Waals surface area contributed by atoms with Gasteiger partial charge < -0.3 is 15.8 Å². The van der Waals surface area contributed by atoms with E-state index >= 15 is 0 Å². The number of halogens is 1. The summed E-state index contributed by atoms with van der Waals surface area (Å²) in [7, 11) is 0. The van der Waals surface area contributed by atoms with Crippen molar-refractivity contribution in [2.24, 2.45) is 11.7 Å². The summed E-state index contributed by atoms with van der Waals surface area (Å²) in [6.45, 7) is 6.60. The van der Waals surface area contributed by atoms with E-state index in [4.69, 9.17) is 22.1 Å². The van der Waals surface area contributed by atoms with Crippen LogP contribution in [0.3, 0.4) is 0 Å². The van der Waals surface area contributed by atoms with Gasteiger partial charge in [0.05, 0.1) is 12.3 Å². The van der Waals surface area contributed by atoms with Crippen LogP contribution in [0.15, 0.2) is 18.2 Å². The van der Waals surface area contributed by atoms with Gasteiger partial charge >= 0.3 is 0 Å². The van der Waals surface area contributed by atoms with Crippen LogP contribution in [0.25, 0.3) is 0 Å². The zero-order chi connectivity index (χ0) is 15.1. The standard InChI is InChI=1S/C15H23ClN2O2/c1-4-7-20-14-6-5-11(16)8-13(14)18-15(19)9-12(17)10(2)3/h5-6,8,10,12H,4,7,9,17H2,1-3H3,(H,18,19). The summed E-state index contributed by atoms with van der Waals surface area (Å²) in [6.07, 6.45) is 1.17. The van der Waals surface area contributed by atoms with Gasteiger partial charge in [-0.2, -0.15) is 0 Å². The Morgan fingerprint density at radius 1 is 1.45 bits per heavy atom. The highest BCUT2D eigenvalue weighted by Gasteiger charge is 2.15. The molecule has 0 radical (unpaired) electrons. The van der Waals surface area contributed by atoms with Crippen LogP contribution in [0.2, 0.25) is 5.02 Å². The molecule has 4 nitrogen and oxygen atoms in total. The topological polar surface area (TPSA) is 64.3 Å². The molecule has 1 atom stereocenters. The van der Waals surface area contributed by atoms with Crippen LogP contribution in [-0.4, -0.2) is 18.6 Å². The molecule has 0 heterocycles. The molecule has 0 bridgehead atoms. The molecule has 1 unspecified atom stereocenters. The number of carbonyl (C=O) groups excluding carboxylic acids is 1. The number of nitrogens with two attached hydrogens (primary N) is 1. The maximum atomic E-state index is 12.0. The second-order valence-corrected chi connectivity index (χ2v) is 5.59. The Hall–Kier alpha value is -1.26. The van der Waals surface area contributed by atoms with E-state index in [0.29, 0.717) is 23.1 Å². The number of amides is 1. The van der Waals surface area contributed by atoms with Crippen LogP contribution in [0, 0.1) is 5.92 Å². The van der Waals surface area contributed by atoms with E-state index in [9.17, 15) is 4.79 Å². The molecule has 20 heavy (non-hydrogen) atoms. The quantitative estimate of drug-likeness (QED) is 0.810. The summed E-state index contributed by atoms with van der Waals surface area (Å²) in [4.78, 5) is 12.0. The van der Waals surface area contributed by atoms with Gasteiger partial charge in [0.15, 0.2) is 0 Å². The SMILES string of the molecule is CCCOc1ccc(Cl)cc1NC(=O)CC(N)C(C)C. The minimum absolute atomic E-state index is 0.130. The van der Waals surface area contributed by atoms with Crippen LogP contribution < -0.4 is 15.8 Å². The van der Waals surface area contributed by atoms with Gasteiger partial charge in [-0.1, -0.05) is 32.4 Å². The second kappa shape index (κ2) is 8.12. The summed E-state index contributed by atoms with van der Waals surface area (Å²) >= 11 is 5.96. The van der Waals surface area contributed by atoms with E-state index in [-0.39, 0.29) is 24.3 Å². The number of benzene rings is 1. The van der Waals surface area contributed by atoms with Crippen LogP contribution >= 0.6 is 11.6 Å². The fourth-order valence-corrected chi connectivity index (χ4v) is 1.76. The summed E-state index contributed by atoms with van der Waals surface area (Å²) in [6, 6.07) is 5.03. The number of hydrogen-bond acceptors (Lipinski definition) is 3. The summed E-state index contributed by atoms with van der Waals surface area (Å²) < 4.78 is 5.59. The highest BCUT2D eigenvalue weighted by atomic mass is 35.5. The van der Waals surface area contributed by atoms with Crippen molar-refractivity contribution >= 4 is 23.2 Å². The Kier molecular flexibility index (Phi) is 6.82. The number of ether oxygens (including phenoxy) is 1. The molecule has 0 aliphatic carbocycles. The minimum atomic E-state index is -0.158. The normalized spacial score (nSPS) is 12.3. The zero-order valence-electron chi connectivity index (χ0n) is 12.3. The summed E-state index contributed by atoms with van der Waals surface area (Å²) in [5.41, 5.74) is 6.49. The van der Waals surface area contributed by atoms with E-state index in [1.54, 1.807) is 18.2 Å². The van der Waals surface area contributed by atoms with Crippen molar-refractivity contribution in [3.05, 3.63) is 23.2 Å². The molecule has 3 N–H and O–H groups in total. The fourth-order valence-electron chi connectivity index (χ4n) is 1.59. The van der Waals surface area contributed by atoms with Crippen molar-refractivity contribution in [2.45, 2.75) is 39.7 Å². The Balaban J connectivity index is 2.74. The molecule has 1 rings (SSSR count). The Morgan fingerprint density at radius 3 is 2.75 bits per heavy atom. The molecule has 0 spiro atoms. The van der Waals surface area contributed by atoms with E-state index in [1.807, 2.05) is 20.8 Å². The third-order valence-electron chi connectivity index (χ3n) is 2.95. The highest BCUT2D eigenvalue weighted by Crippen LogP contribution is 2.28. The van der Waals surface area contributed by atoms with Crippen molar-refractivity contribution in [2.75, 3.05) is 11.9 Å². The average molecular weight is 299 g/mol. The van der Waals surface area contributed by atoms with Gasteiger partial charge in [0, 0.05) is 17.5 Å². The summed E-state index contributed by atoms with van der Waals surface area (Å²) in [5, 5.41) is 3.37. The predicted molar refractivity (Wildman–Crippen MR) is 83.3 cm³/mol. The maximum Gasteiger partial charge on any atom is 0.226 e. The molecule has 1 aromatic carbocycles. The molecule has 1 aromatic rings. The molecule has 0 fully saturated rings. The van der Waals surface area contributed by atoms with Crippen molar-refractivity contribution < 1.29 is 9.53 Å². The Labute approximate surface area is 125 Å². The first kappa shape index (κ1) is 16.8. The van der Waals surface area contributed by atoms with Crippen molar-refractivity contribution in [1.82, 2.24) is 0 Å². The Morgan fingerprint density at radius 2 is 2.15 bits per heavy atom. The molecule has 1 amide bonds. The lowest BCUT2D eigenvalue weighted by Crippen LogP contribution is -2.31. The number of carbonyl (C=O) groups is 1. The first-order valence-electron chi connectivity index (χ1n) is 6.91. The first-order valence-corrected chi connectivity index (χ1v) is 7.29. The van der Waals surface area contributed by atoms with Crippen LogP contribution in [0.5, 0.6) is 5.75 Å². The van der Waals surface area contributed by atoms with Gasteiger partial charge in [-0.05, 0) is 30.5 Å². The van der Waals surface area contributed by atoms with Gasteiger partial charge in [0.1, 0.15) is 5.75 Å². The second-order valence-electron chi connectivity index (χ2n) is 5.15. The first-order chi connectivity index (χ1) is 9.43. The third kappa shape index (κ3) is 5.39. The minimum Gasteiger partial charge on any atom is -0.491 e. The van der Waals surface area contributed by atoms with Gasteiger partial charge in [0.25, 0.3) is 0 Å². The highest BCUT2D eigenvalue weighted by molar-refractivity contribution is 6.31. The van der Waals surface area contributed by atoms with E-state index in [2.05, 4.69) is 5.32 Å². The van der Waals surface area contributed by atoms with Crippen LogP contribution in [-0.2, 0) is 4.79 Å². The lowest BCUT2D eigenvalue weighted by molar-refractivity contribution is -0.116. The Bertz CT molecular complexity index is 449. The zero-order valence-corrected chi connectivity index (χ0v) is 13.0. The molecule has 0 aromatic heterocycles. The van der Waals surface area contributed by atoms with E-state index in [0.717, 1.165) is 6.42 Å². The molecular weight excluding hydrogens is 276 g/mol. The monoisotopic (exact) mass is 298 g/mol. The maximum absolute atomic E-state index is 12.0. The smallest absolute Gasteiger partial charge is 0.226 e. The van der Waals surface area contributed by atoms with Crippen molar-refractivity contribution in [3.63, 3.8) is 0 Å². The van der Waals surface area contributed by atoms with Gasteiger partial charge in [-0.25, -0.2) is 0 Å². The van der Waals surface area contributed by atoms with Gasteiger partial charge in [0.2, 0.25) is 5.91 Å². The van der Waals surface area contributed by atoms with Crippen LogP contribution in [0.1, 0.15) is 33.6 Å². The predicted octanol–water partition coefficient (Wildman–Crippen LogP) is 3.44. The number of nitrogens with one attached hydrogen (secondary N) is 1. The van der Waals surface area contributed by atoms with Gasteiger partial charge in [-0.3, -0.25) is 4.79 Å². The lowest BCUT2D eigenvalue weighted by Gasteiger charge is -2.16. The van der Waals surface area contributed by atoms with Crippen molar-refractivity contribution in [1.29, 1.82) is 0 Å². The summed E-state index contributed by atoms with van der Waals surface area (Å²) in [5.74, 6) is 0.758. The largest absolute Gasteiger partial charge is 0.491 e. The van der Waals surface area contributed by atoms with E-state index < -0.39 is 0 Å². The molecular formula is C15H23ClN2O2. The number of rotatable bonds is 7. The van der Waals surface area contributed by atoms with E-state index in [1.165, 1.54) is 0 Å². The molecule has 0 saturated carbocycles. The molecule has 112 valence electrons. The van der Waals surface area contributed by atoms with Crippen molar-refractivity contribution in [3.8, 4) is 5.75 Å². The molecule has 0 saturated heterocycles. The average Bonchev–Trinajstić information content (AvgIpc) is 2.37. The van der Waals surface area contributed by atoms with Crippen LogP contribution in [0.4, 0.5) is 5.69 Å². The van der Waals surface area contributed by atoms with Gasteiger partial charge in [-0.15, -0.1) is 0 Å². The fraction of sp³-hybridized carbons (Fsp3) is 0.533.